The third kappa shape index (κ3) is 2.61. The van der Waals surface area contributed by atoms with Crippen LogP contribution in [0.25, 0.3) is 10.8 Å². The van der Waals surface area contributed by atoms with E-state index in [-0.39, 0.29) is 25.6 Å². The second-order valence-corrected chi connectivity index (χ2v) is 7.70. The number of hydrogen-bond donors (Lipinski definition) is 1. The number of nitrogens with two attached hydrogens (primary N) is 1. The zero-order valence-electron chi connectivity index (χ0n) is 12.0. The molecule has 0 bridgehead atoms. The van der Waals surface area contributed by atoms with Crippen LogP contribution in [0.5, 0.6) is 0 Å². The Hall–Kier alpha value is -2.52. The molecule has 9 heteroatoms. The standard InChI is InChI=1S/C15H10BrN3O4S/c16-11-6-13(19(20)21)12(17)7-15(11)24(22,23)14-3-1-2-9-8-18-5-4-10(9)14/h1-8H,17H2. The van der Waals surface area contributed by atoms with E-state index < -0.39 is 14.8 Å². The van der Waals surface area contributed by atoms with E-state index in [0.717, 1.165) is 12.1 Å². The first-order valence-electron chi connectivity index (χ1n) is 6.63. The largest absolute Gasteiger partial charge is 0.393 e. The lowest BCUT2D eigenvalue weighted by atomic mass is 10.2. The normalized spacial score (nSPS) is 11.5. The average molecular weight is 408 g/mol. The predicted molar refractivity (Wildman–Crippen MR) is 92.4 cm³/mol. The number of nitrogens with zero attached hydrogens (tertiary/aromatic N) is 2. The number of fused-ring (bicyclic) bond motifs is 1. The lowest BCUT2D eigenvalue weighted by Crippen LogP contribution is -2.06. The molecule has 0 atom stereocenters. The number of pyridine rings is 1. The molecule has 24 heavy (non-hydrogen) atoms. The fraction of sp³-hybridized carbons (Fsp3) is 0. The van der Waals surface area contributed by atoms with Crippen molar-refractivity contribution < 1.29 is 13.3 Å². The van der Waals surface area contributed by atoms with E-state index in [1.165, 1.54) is 12.3 Å². The Kier molecular flexibility index (Phi) is 3.98. The minimum atomic E-state index is -3.94. The molecule has 0 amide bonds. The second kappa shape index (κ2) is 5.84. The quantitative estimate of drug-likeness (QED) is 0.404. The Morgan fingerprint density at radius 3 is 2.62 bits per heavy atom. The van der Waals surface area contributed by atoms with Gasteiger partial charge in [0.2, 0.25) is 9.84 Å². The molecule has 122 valence electrons. The molecule has 0 spiro atoms. The van der Waals surface area contributed by atoms with Gasteiger partial charge in [0.05, 0.1) is 14.7 Å². The molecule has 0 fully saturated rings. The van der Waals surface area contributed by atoms with Crippen LogP contribution >= 0.6 is 15.9 Å². The first-order valence-corrected chi connectivity index (χ1v) is 8.91. The van der Waals surface area contributed by atoms with Gasteiger partial charge in [-0.25, -0.2) is 8.42 Å². The van der Waals surface area contributed by atoms with Crippen molar-refractivity contribution in [2.24, 2.45) is 0 Å². The van der Waals surface area contributed by atoms with Gasteiger partial charge in [0.25, 0.3) is 5.69 Å². The van der Waals surface area contributed by atoms with E-state index in [9.17, 15) is 18.5 Å². The highest BCUT2D eigenvalue weighted by molar-refractivity contribution is 9.10. The number of halogens is 1. The number of rotatable bonds is 3. The summed E-state index contributed by atoms with van der Waals surface area (Å²) in [5, 5.41) is 12.1. The zero-order valence-corrected chi connectivity index (χ0v) is 14.4. The van der Waals surface area contributed by atoms with E-state index in [1.54, 1.807) is 24.4 Å². The molecule has 2 aromatic carbocycles. The fourth-order valence-electron chi connectivity index (χ4n) is 2.37. The molecule has 0 aliphatic carbocycles. The minimum Gasteiger partial charge on any atom is -0.393 e. The van der Waals surface area contributed by atoms with Crippen LogP contribution in [0.4, 0.5) is 11.4 Å². The summed E-state index contributed by atoms with van der Waals surface area (Å²) >= 11 is 3.10. The van der Waals surface area contributed by atoms with Gasteiger partial charge in [-0.05, 0) is 34.1 Å². The van der Waals surface area contributed by atoms with Gasteiger partial charge in [-0.15, -0.1) is 0 Å². The molecule has 3 rings (SSSR count). The minimum absolute atomic E-state index is 0.0782. The molecule has 3 aromatic rings. The van der Waals surface area contributed by atoms with E-state index >= 15 is 0 Å². The topological polar surface area (TPSA) is 116 Å². The summed E-state index contributed by atoms with van der Waals surface area (Å²) in [6.07, 6.45) is 3.06. The van der Waals surface area contributed by atoms with Gasteiger partial charge in [0.15, 0.2) is 0 Å². The fourth-order valence-corrected chi connectivity index (χ4v) is 4.91. The molecule has 0 aliphatic heterocycles. The van der Waals surface area contributed by atoms with Crippen molar-refractivity contribution in [1.29, 1.82) is 0 Å². The lowest BCUT2D eigenvalue weighted by molar-refractivity contribution is -0.384. The van der Waals surface area contributed by atoms with E-state index in [2.05, 4.69) is 20.9 Å². The summed E-state index contributed by atoms with van der Waals surface area (Å²) in [6.45, 7) is 0. The summed E-state index contributed by atoms with van der Waals surface area (Å²) < 4.78 is 26.1. The molecule has 7 nitrogen and oxygen atoms in total. The number of sulfone groups is 1. The van der Waals surface area contributed by atoms with Crippen molar-refractivity contribution in [3.8, 4) is 0 Å². The zero-order chi connectivity index (χ0) is 17.5. The van der Waals surface area contributed by atoms with Gasteiger partial charge in [-0.2, -0.15) is 0 Å². The van der Waals surface area contributed by atoms with Crippen LogP contribution in [-0.4, -0.2) is 18.3 Å². The van der Waals surface area contributed by atoms with E-state index in [4.69, 9.17) is 5.73 Å². The number of anilines is 1. The van der Waals surface area contributed by atoms with Crippen LogP contribution in [0.15, 0.2) is 63.1 Å². The molecule has 0 saturated carbocycles. The monoisotopic (exact) mass is 407 g/mol. The van der Waals surface area contributed by atoms with Crippen molar-refractivity contribution in [3.63, 3.8) is 0 Å². The summed E-state index contributed by atoms with van der Waals surface area (Å²) in [5.74, 6) is 0. The van der Waals surface area contributed by atoms with Gasteiger partial charge in [-0.1, -0.05) is 12.1 Å². The number of nitrogen functional groups attached to an aromatic ring is 1. The second-order valence-electron chi connectivity index (χ2n) is 4.95. The Morgan fingerprint density at radius 1 is 1.17 bits per heavy atom. The molecule has 1 aromatic heterocycles. The Bertz CT molecular complexity index is 1080. The number of aromatic nitrogens is 1. The summed E-state index contributed by atoms with van der Waals surface area (Å²) in [5.41, 5.74) is 5.06. The van der Waals surface area contributed by atoms with Crippen molar-refractivity contribution in [3.05, 3.63) is 63.4 Å². The molecule has 0 saturated heterocycles. The first kappa shape index (κ1) is 16.3. The molecule has 0 radical (unpaired) electrons. The Labute approximate surface area is 145 Å². The SMILES string of the molecule is Nc1cc(S(=O)(=O)c2cccc3cnccc23)c(Br)cc1[N+](=O)[O-]. The van der Waals surface area contributed by atoms with Crippen molar-refractivity contribution in [2.75, 3.05) is 5.73 Å². The highest BCUT2D eigenvalue weighted by Gasteiger charge is 2.26. The maximum Gasteiger partial charge on any atom is 0.293 e. The number of hydrogen-bond acceptors (Lipinski definition) is 6. The van der Waals surface area contributed by atoms with Crippen LogP contribution < -0.4 is 5.73 Å². The molecule has 0 aliphatic rings. The molecule has 2 N–H and O–H groups in total. The average Bonchev–Trinajstić information content (AvgIpc) is 2.55. The lowest BCUT2D eigenvalue weighted by Gasteiger charge is -2.10. The van der Waals surface area contributed by atoms with Gasteiger partial charge in [-0.3, -0.25) is 15.1 Å². The van der Waals surface area contributed by atoms with E-state index in [1.807, 2.05) is 0 Å². The summed E-state index contributed by atoms with van der Waals surface area (Å²) in [6, 6.07) is 8.62. The molecule has 1 heterocycles. The van der Waals surface area contributed by atoms with Crippen molar-refractivity contribution in [1.82, 2.24) is 4.98 Å². The van der Waals surface area contributed by atoms with Gasteiger partial charge >= 0.3 is 0 Å². The van der Waals surface area contributed by atoms with E-state index in [0.29, 0.717) is 10.8 Å². The molecular weight excluding hydrogens is 398 g/mol. The van der Waals surface area contributed by atoms with Crippen LogP contribution in [0.2, 0.25) is 0 Å². The maximum atomic E-state index is 13.0. The molecule has 0 unspecified atom stereocenters. The number of nitro groups is 1. The van der Waals surface area contributed by atoms with Gasteiger partial charge < -0.3 is 5.73 Å². The highest BCUT2D eigenvalue weighted by Crippen LogP contribution is 2.36. The highest BCUT2D eigenvalue weighted by atomic mass is 79.9. The van der Waals surface area contributed by atoms with Gasteiger partial charge in [0.1, 0.15) is 5.69 Å². The van der Waals surface area contributed by atoms with Crippen LogP contribution in [0.3, 0.4) is 0 Å². The van der Waals surface area contributed by atoms with Crippen molar-refractivity contribution >= 4 is 47.9 Å². The number of benzene rings is 2. The van der Waals surface area contributed by atoms with Gasteiger partial charge in [0, 0.05) is 33.7 Å². The summed E-state index contributed by atoms with van der Waals surface area (Å²) in [7, 11) is -3.94. The smallest absolute Gasteiger partial charge is 0.293 e. The maximum absolute atomic E-state index is 13.0. The Morgan fingerprint density at radius 2 is 1.92 bits per heavy atom. The van der Waals surface area contributed by atoms with Crippen LogP contribution in [0, 0.1) is 10.1 Å². The first-order chi connectivity index (χ1) is 11.3. The van der Waals surface area contributed by atoms with Crippen molar-refractivity contribution in [2.45, 2.75) is 9.79 Å². The number of nitro benzene ring substituents is 1. The van der Waals surface area contributed by atoms with Crippen LogP contribution in [-0.2, 0) is 9.84 Å². The summed E-state index contributed by atoms with van der Waals surface area (Å²) in [4.78, 5) is 14.2. The third-order valence-corrected chi connectivity index (χ3v) is 6.27. The predicted octanol–water partition coefficient (Wildman–Crippen LogP) is 3.32. The molecular formula is C15H10BrN3O4S. The van der Waals surface area contributed by atoms with Crippen LogP contribution in [0.1, 0.15) is 0 Å². The Balaban J connectivity index is 2.29. The third-order valence-electron chi connectivity index (χ3n) is 3.50.